The van der Waals surface area contributed by atoms with Crippen molar-refractivity contribution < 1.29 is 0 Å². The Morgan fingerprint density at radius 2 is 1.03 bits per heavy atom. The third-order valence-electron chi connectivity index (χ3n) is 5.59. The molecule has 0 aromatic heterocycles. The minimum absolute atomic E-state index is 0.760. The van der Waals surface area contributed by atoms with Gasteiger partial charge in [0.1, 0.15) is 0 Å². The van der Waals surface area contributed by atoms with Crippen LogP contribution in [0.25, 0.3) is 44.2 Å². The van der Waals surface area contributed by atoms with E-state index in [1.807, 2.05) is 30.3 Å². The minimum atomic E-state index is 0.760. The molecule has 5 aromatic rings. The zero-order chi connectivity index (χ0) is 20.5. The Hall–Kier alpha value is -4.04. The second-order valence-corrected chi connectivity index (χ2v) is 7.50. The first-order valence-electron chi connectivity index (χ1n) is 10.0. The van der Waals surface area contributed by atoms with Crippen molar-refractivity contribution in [2.45, 2.75) is 0 Å². The van der Waals surface area contributed by atoms with Gasteiger partial charge in [0.05, 0.1) is 0 Å². The molecule has 5 aromatic carbocycles. The van der Waals surface area contributed by atoms with E-state index >= 15 is 0 Å². The number of rotatable bonds is 3. The highest BCUT2D eigenvalue weighted by atomic mass is 14.6. The lowest BCUT2D eigenvalue weighted by atomic mass is 9.89. The molecular formula is C28H22N2. The van der Waals surface area contributed by atoms with Gasteiger partial charge in [0, 0.05) is 16.9 Å². The lowest BCUT2D eigenvalue weighted by Gasteiger charge is -2.15. The average molecular weight is 386 g/mol. The van der Waals surface area contributed by atoms with Crippen molar-refractivity contribution in [3.8, 4) is 33.4 Å². The van der Waals surface area contributed by atoms with Crippen LogP contribution in [0.3, 0.4) is 0 Å². The molecule has 0 aliphatic heterocycles. The maximum absolute atomic E-state index is 6.46. The Balaban J connectivity index is 1.71. The smallest absolute Gasteiger partial charge is 0.0394 e. The van der Waals surface area contributed by atoms with Crippen molar-refractivity contribution in [1.82, 2.24) is 0 Å². The minimum Gasteiger partial charge on any atom is -0.399 e. The maximum atomic E-state index is 6.46. The van der Waals surface area contributed by atoms with E-state index in [-0.39, 0.29) is 0 Å². The summed E-state index contributed by atoms with van der Waals surface area (Å²) in [7, 11) is 0. The summed E-state index contributed by atoms with van der Waals surface area (Å²) in [5.41, 5.74) is 20.6. The van der Waals surface area contributed by atoms with Gasteiger partial charge in [-0.1, -0.05) is 84.9 Å². The van der Waals surface area contributed by atoms with Crippen molar-refractivity contribution in [3.05, 3.63) is 109 Å². The van der Waals surface area contributed by atoms with Crippen LogP contribution in [-0.4, -0.2) is 0 Å². The maximum Gasteiger partial charge on any atom is 0.0394 e. The number of nitrogens with two attached hydrogens (primary N) is 2. The van der Waals surface area contributed by atoms with Gasteiger partial charge < -0.3 is 11.5 Å². The molecule has 144 valence electrons. The predicted octanol–water partition coefficient (Wildman–Crippen LogP) is 7.01. The van der Waals surface area contributed by atoms with E-state index in [0.717, 1.165) is 33.6 Å². The quantitative estimate of drug-likeness (QED) is 0.328. The van der Waals surface area contributed by atoms with Gasteiger partial charge in [0.15, 0.2) is 0 Å². The highest BCUT2D eigenvalue weighted by Crippen LogP contribution is 2.39. The largest absolute Gasteiger partial charge is 0.399 e. The predicted molar refractivity (Wildman–Crippen MR) is 129 cm³/mol. The Kier molecular flexibility index (Phi) is 4.45. The van der Waals surface area contributed by atoms with Gasteiger partial charge in [-0.3, -0.25) is 0 Å². The van der Waals surface area contributed by atoms with Crippen molar-refractivity contribution in [1.29, 1.82) is 0 Å². The summed E-state index contributed by atoms with van der Waals surface area (Å²) in [6, 6.07) is 37.6. The van der Waals surface area contributed by atoms with Crippen molar-refractivity contribution in [3.63, 3.8) is 0 Å². The number of nitrogen functional groups attached to an aromatic ring is 2. The highest BCUT2D eigenvalue weighted by Gasteiger charge is 2.13. The number of hydrogen-bond donors (Lipinski definition) is 2. The first kappa shape index (κ1) is 18.0. The van der Waals surface area contributed by atoms with Gasteiger partial charge in [-0.05, 0) is 62.9 Å². The summed E-state index contributed by atoms with van der Waals surface area (Å²) < 4.78 is 0. The molecule has 2 heteroatoms. The van der Waals surface area contributed by atoms with Crippen LogP contribution in [0.5, 0.6) is 0 Å². The SMILES string of the molecule is Nc1ccc(-c2ccc(N)c(-c3ccccc3-c3cccc4ccccc34)c2)cc1. The molecule has 0 spiro atoms. The van der Waals surface area contributed by atoms with Crippen molar-refractivity contribution >= 4 is 22.1 Å². The number of benzene rings is 5. The molecule has 0 atom stereocenters. The number of fused-ring (bicyclic) bond motifs is 1. The van der Waals surface area contributed by atoms with E-state index in [1.54, 1.807) is 0 Å². The fraction of sp³-hybridized carbons (Fsp3) is 0. The second-order valence-electron chi connectivity index (χ2n) is 7.50. The fourth-order valence-corrected chi connectivity index (χ4v) is 4.06. The van der Waals surface area contributed by atoms with Gasteiger partial charge in [-0.2, -0.15) is 0 Å². The van der Waals surface area contributed by atoms with Crippen molar-refractivity contribution in [2.24, 2.45) is 0 Å². The van der Waals surface area contributed by atoms with E-state index in [4.69, 9.17) is 11.5 Å². The Bertz CT molecular complexity index is 1350. The lowest BCUT2D eigenvalue weighted by molar-refractivity contribution is 1.57. The Morgan fingerprint density at radius 3 is 1.83 bits per heavy atom. The molecule has 0 saturated carbocycles. The second kappa shape index (κ2) is 7.41. The zero-order valence-electron chi connectivity index (χ0n) is 16.5. The number of anilines is 2. The summed E-state index contributed by atoms with van der Waals surface area (Å²) in [6.45, 7) is 0. The van der Waals surface area contributed by atoms with Gasteiger partial charge in [-0.15, -0.1) is 0 Å². The summed E-state index contributed by atoms with van der Waals surface area (Å²) in [4.78, 5) is 0. The van der Waals surface area contributed by atoms with Crippen LogP contribution in [0.4, 0.5) is 11.4 Å². The van der Waals surface area contributed by atoms with E-state index in [0.29, 0.717) is 0 Å². The van der Waals surface area contributed by atoms with Crippen LogP contribution < -0.4 is 11.5 Å². The van der Waals surface area contributed by atoms with E-state index in [2.05, 4.69) is 78.9 Å². The molecule has 0 radical (unpaired) electrons. The first-order chi connectivity index (χ1) is 14.7. The Morgan fingerprint density at radius 1 is 0.433 bits per heavy atom. The van der Waals surface area contributed by atoms with Crippen LogP contribution in [0.1, 0.15) is 0 Å². The molecule has 0 heterocycles. The lowest BCUT2D eigenvalue weighted by Crippen LogP contribution is -1.94. The monoisotopic (exact) mass is 386 g/mol. The molecule has 0 unspecified atom stereocenters. The van der Waals surface area contributed by atoms with E-state index in [1.165, 1.54) is 21.9 Å². The highest BCUT2D eigenvalue weighted by molar-refractivity contribution is 6.01. The summed E-state index contributed by atoms with van der Waals surface area (Å²) >= 11 is 0. The van der Waals surface area contributed by atoms with Gasteiger partial charge in [-0.25, -0.2) is 0 Å². The molecule has 4 N–H and O–H groups in total. The summed E-state index contributed by atoms with van der Waals surface area (Å²) in [5.74, 6) is 0. The van der Waals surface area contributed by atoms with E-state index in [9.17, 15) is 0 Å². The molecule has 30 heavy (non-hydrogen) atoms. The molecule has 5 rings (SSSR count). The van der Waals surface area contributed by atoms with Gasteiger partial charge >= 0.3 is 0 Å². The molecule has 0 amide bonds. The van der Waals surface area contributed by atoms with Crippen LogP contribution in [0.2, 0.25) is 0 Å². The summed E-state index contributed by atoms with van der Waals surface area (Å²) in [6.07, 6.45) is 0. The molecule has 0 fully saturated rings. The molecule has 2 nitrogen and oxygen atoms in total. The molecule has 0 saturated heterocycles. The standard InChI is InChI=1S/C28H22N2/c29-22-15-12-19(13-16-22)21-14-17-28(30)27(18-21)26-10-4-3-9-25(26)24-11-5-7-20-6-1-2-8-23(20)24/h1-18H,29-30H2. The molecule has 0 aliphatic rings. The molecule has 0 bridgehead atoms. The van der Waals surface area contributed by atoms with Gasteiger partial charge in [0.2, 0.25) is 0 Å². The Labute approximate surface area is 176 Å². The molecule has 0 aliphatic carbocycles. The topological polar surface area (TPSA) is 52.0 Å². The fourth-order valence-electron chi connectivity index (χ4n) is 4.06. The number of hydrogen-bond acceptors (Lipinski definition) is 2. The first-order valence-corrected chi connectivity index (χ1v) is 10.0. The third kappa shape index (κ3) is 3.19. The summed E-state index contributed by atoms with van der Waals surface area (Å²) in [5, 5.41) is 2.47. The average Bonchev–Trinajstić information content (AvgIpc) is 2.80. The van der Waals surface area contributed by atoms with Crippen LogP contribution >= 0.6 is 0 Å². The van der Waals surface area contributed by atoms with E-state index < -0.39 is 0 Å². The zero-order valence-corrected chi connectivity index (χ0v) is 16.5. The van der Waals surface area contributed by atoms with Crippen molar-refractivity contribution in [2.75, 3.05) is 11.5 Å². The van der Waals surface area contributed by atoms with Crippen LogP contribution in [-0.2, 0) is 0 Å². The molecular weight excluding hydrogens is 364 g/mol. The van der Waals surface area contributed by atoms with Crippen LogP contribution in [0.15, 0.2) is 109 Å². The van der Waals surface area contributed by atoms with Crippen LogP contribution in [0, 0.1) is 0 Å². The third-order valence-corrected chi connectivity index (χ3v) is 5.59. The van der Waals surface area contributed by atoms with Gasteiger partial charge in [0.25, 0.3) is 0 Å². The normalized spacial score (nSPS) is 10.9.